The molecule has 8 heteroatoms. The maximum absolute atomic E-state index is 12.5. The van der Waals surface area contributed by atoms with Gasteiger partial charge in [0.1, 0.15) is 6.61 Å². The number of rotatable bonds is 8. The molecule has 0 bridgehead atoms. The number of ether oxygens (including phenoxy) is 1. The van der Waals surface area contributed by atoms with E-state index < -0.39 is 12.1 Å². The van der Waals surface area contributed by atoms with Crippen LogP contribution in [0.3, 0.4) is 0 Å². The minimum absolute atomic E-state index is 0.0377. The van der Waals surface area contributed by atoms with E-state index in [1.165, 1.54) is 18.2 Å². The van der Waals surface area contributed by atoms with Crippen LogP contribution in [0.2, 0.25) is 5.02 Å². The minimum Gasteiger partial charge on any atom is -0.481 e. The van der Waals surface area contributed by atoms with E-state index in [0.717, 1.165) is 22.3 Å². The van der Waals surface area contributed by atoms with E-state index >= 15 is 0 Å². The fourth-order valence-corrected chi connectivity index (χ4v) is 4.47. The lowest BCUT2D eigenvalue weighted by atomic mass is 9.98. The number of anilines is 1. The van der Waals surface area contributed by atoms with Crippen LogP contribution in [0, 0.1) is 5.92 Å². The predicted molar refractivity (Wildman–Crippen MR) is 134 cm³/mol. The zero-order valence-electron chi connectivity index (χ0n) is 19.1. The summed E-state index contributed by atoms with van der Waals surface area (Å²) >= 11 is 6.28. The molecule has 0 fully saturated rings. The molecule has 2 amide bonds. The van der Waals surface area contributed by atoms with E-state index in [1.807, 2.05) is 36.4 Å². The summed E-state index contributed by atoms with van der Waals surface area (Å²) in [5.41, 5.74) is 5.15. The van der Waals surface area contributed by atoms with Gasteiger partial charge in [-0.1, -0.05) is 67.1 Å². The molecule has 7 nitrogen and oxygen atoms in total. The van der Waals surface area contributed by atoms with Crippen molar-refractivity contribution in [1.29, 1.82) is 0 Å². The molecule has 35 heavy (non-hydrogen) atoms. The molecule has 4 rings (SSSR count). The van der Waals surface area contributed by atoms with Crippen molar-refractivity contribution in [2.24, 2.45) is 5.92 Å². The number of benzene rings is 3. The number of carboxylic acids is 1. The Bertz CT molecular complexity index is 1230. The molecule has 3 aromatic carbocycles. The lowest BCUT2D eigenvalue weighted by Crippen LogP contribution is -2.29. The second kappa shape index (κ2) is 10.6. The van der Waals surface area contributed by atoms with Crippen LogP contribution in [0.1, 0.15) is 40.7 Å². The Labute approximate surface area is 208 Å². The van der Waals surface area contributed by atoms with E-state index in [4.69, 9.17) is 21.4 Å². The van der Waals surface area contributed by atoms with Crippen molar-refractivity contribution in [3.8, 4) is 11.1 Å². The number of hydrogen-bond donors (Lipinski definition) is 3. The van der Waals surface area contributed by atoms with Gasteiger partial charge in [-0.05, 0) is 46.4 Å². The molecular weight excluding hydrogens is 468 g/mol. The fourth-order valence-electron chi connectivity index (χ4n) is 4.24. The Morgan fingerprint density at radius 3 is 2.23 bits per heavy atom. The highest BCUT2D eigenvalue weighted by Gasteiger charge is 2.29. The average Bonchev–Trinajstić information content (AvgIpc) is 3.16. The van der Waals surface area contributed by atoms with Crippen LogP contribution in [0.25, 0.3) is 11.1 Å². The van der Waals surface area contributed by atoms with Gasteiger partial charge in [-0.15, -0.1) is 0 Å². The number of nitrogens with one attached hydrogen (secondary N) is 2. The highest BCUT2D eigenvalue weighted by molar-refractivity contribution is 6.34. The van der Waals surface area contributed by atoms with Gasteiger partial charge in [-0.3, -0.25) is 14.9 Å². The molecule has 0 aromatic heterocycles. The summed E-state index contributed by atoms with van der Waals surface area (Å²) in [6, 6.07) is 20.7. The number of aliphatic carboxylic acids is 1. The molecule has 0 spiro atoms. The van der Waals surface area contributed by atoms with Crippen molar-refractivity contribution >= 4 is 35.3 Å². The first-order valence-corrected chi connectivity index (χ1v) is 11.6. The zero-order valence-corrected chi connectivity index (χ0v) is 19.8. The highest BCUT2D eigenvalue weighted by Crippen LogP contribution is 2.44. The van der Waals surface area contributed by atoms with Gasteiger partial charge < -0.3 is 15.2 Å². The molecule has 0 saturated carbocycles. The third-order valence-corrected chi connectivity index (χ3v) is 6.26. The van der Waals surface area contributed by atoms with Crippen molar-refractivity contribution in [3.05, 3.63) is 88.4 Å². The van der Waals surface area contributed by atoms with E-state index in [0.29, 0.717) is 11.3 Å². The molecule has 0 radical (unpaired) electrons. The van der Waals surface area contributed by atoms with Crippen molar-refractivity contribution in [3.63, 3.8) is 0 Å². The standard InChI is InChI=1S/C27H25ClN2O5/c1-16(12-25(31)32)14-29-26(33)17-10-11-24(23(28)13-17)30-27(34)35-15-22-20-8-4-2-6-18(20)19-7-3-5-9-21(19)22/h2-11,13,16,22H,12,14-15H2,1H3,(H,29,33)(H,30,34)(H,31,32). The minimum atomic E-state index is -0.918. The summed E-state index contributed by atoms with van der Waals surface area (Å²) in [7, 11) is 0. The molecule has 0 heterocycles. The normalized spacial score (nSPS) is 12.9. The third-order valence-electron chi connectivity index (χ3n) is 5.95. The van der Waals surface area contributed by atoms with E-state index in [2.05, 4.69) is 22.8 Å². The fraction of sp³-hybridized carbons (Fsp3) is 0.222. The number of fused-ring (bicyclic) bond motifs is 3. The van der Waals surface area contributed by atoms with Crippen molar-refractivity contribution in [1.82, 2.24) is 5.32 Å². The number of carbonyl (C=O) groups is 3. The summed E-state index contributed by atoms with van der Waals surface area (Å²) < 4.78 is 5.54. The third kappa shape index (κ3) is 5.63. The number of amides is 2. The first kappa shape index (κ1) is 24.3. The monoisotopic (exact) mass is 492 g/mol. The zero-order chi connectivity index (χ0) is 24.9. The van der Waals surface area contributed by atoms with Crippen LogP contribution in [-0.2, 0) is 9.53 Å². The van der Waals surface area contributed by atoms with Crippen molar-refractivity contribution < 1.29 is 24.2 Å². The van der Waals surface area contributed by atoms with Crippen LogP contribution in [0.5, 0.6) is 0 Å². The number of carbonyl (C=O) groups excluding carboxylic acids is 2. The summed E-state index contributed by atoms with van der Waals surface area (Å²) in [6.07, 6.45) is -0.683. The van der Waals surface area contributed by atoms with Crippen LogP contribution in [0.4, 0.5) is 10.5 Å². The molecule has 1 unspecified atom stereocenters. The molecule has 180 valence electrons. The van der Waals surface area contributed by atoms with Gasteiger partial charge in [-0.2, -0.15) is 0 Å². The maximum Gasteiger partial charge on any atom is 0.411 e. The van der Waals surface area contributed by atoms with Gasteiger partial charge in [0.2, 0.25) is 0 Å². The summed E-state index contributed by atoms with van der Waals surface area (Å²) in [4.78, 5) is 35.6. The van der Waals surface area contributed by atoms with E-state index in [1.54, 1.807) is 6.92 Å². The molecule has 3 aromatic rings. The van der Waals surface area contributed by atoms with Crippen molar-refractivity contribution in [2.75, 3.05) is 18.5 Å². The SMILES string of the molecule is CC(CNC(=O)c1ccc(NC(=O)OCC2c3ccccc3-c3ccccc32)c(Cl)c1)CC(=O)O. The lowest BCUT2D eigenvalue weighted by molar-refractivity contribution is -0.137. The Morgan fingerprint density at radius 1 is 1.00 bits per heavy atom. The van der Waals surface area contributed by atoms with E-state index in [9.17, 15) is 14.4 Å². The maximum atomic E-state index is 12.5. The molecule has 1 aliphatic rings. The summed E-state index contributed by atoms with van der Waals surface area (Å²) in [6.45, 7) is 2.14. The smallest absolute Gasteiger partial charge is 0.411 e. The van der Waals surface area contributed by atoms with Gasteiger partial charge in [0.05, 0.1) is 10.7 Å². The summed E-state index contributed by atoms with van der Waals surface area (Å²) in [5, 5.41) is 14.3. The Balaban J connectivity index is 1.35. The van der Waals surface area contributed by atoms with Gasteiger partial charge >= 0.3 is 12.1 Å². The predicted octanol–water partition coefficient (Wildman–Crippen LogP) is 5.54. The largest absolute Gasteiger partial charge is 0.481 e. The van der Waals surface area contributed by atoms with Gasteiger partial charge in [-0.25, -0.2) is 4.79 Å². The topological polar surface area (TPSA) is 105 Å². The van der Waals surface area contributed by atoms with Gasteiger partial charge in [0.25, 0.3) is 5.91 Å². The van der Waals surface area contributed by atoms with Gasteiger partial charge in [0.15, 0.2) is 0 Å². The molecule has 1 atom stereocenters. The quantitative estimate of drug-likeness (QED) is 0.383. The van der Waals surface area contributed by atoms with Crippen LogP contribution < -0.4 is 10.6 Å². The lowest BCUT2D eigenvalue weighted by Gasteiger charge is -2.15. The number of hydrogen-bond acceptors (Lipinski definition) is 4. The Kier molecular flexibility index (Phi) is 7.36. The molecule has 1 aliphatic carbocycles. The van der Waals surface area contributed by atoms with E-state index in [-0.39, 0.29) is 42.3 Å². The van der Waals surface area contributed by atoms with Gasteiger partial charge in [0, 0.05) is 24.4 Å². The number of halogens is 1. The average molecular weight is 493 g/mol. The number of carboxylic acid groups (broad SMARTS) is 1. The second-order valence-electron chi connectivity index (χ2n) is 8.56. The molecule has 0 aliphatic heterocycles. The highest BCUT2D eigenvalue weighted by atomic mass is 35.5. The first-order chi connectivity index (χ1) is 16.8. The second-order valence-corrected chi connectivity index (χ2v) is 8.97. The summed E-state index contributed by atoms with van der Waals surface area (Å²) in [5.74, 6) is -1.56. The molecule has 3 N–H and O–H groups in total. The molecule has 0 saturated heterocycles. The van der Waals surface area contributed by atoms with Crippen LogP contribution in [0.15, 0.2) is 66.7 Å². The van der Waals surface area contributed by atoms with Crippen molar-refractivity contribution in [2.45, 2.75) is 19.3 Å². The molecular formula is C27H25ClN2O5. The van der Waals surface area contributed by atoms with Crippen LogP contribution >= 0.6 is 11.6 Å². The Hall–Kier alpha value is -3.84. The first-order valence-electron chi connectivity index (χ1n) is 11.2. The Morgan fingerprint density at radius 2 is 1.63 bits per heavy atom. The van der Waals surface area contributed by atoms with Crippen LogP contribution in [-0.4, -0.2) is 36.2 Å².